The number of benzene rings is 1. The molecule has 1 atom stereocenters. The number of ether oxygens (including phenoxy) is 1. The Balaban J connectivity index is 1.80. The van der Waals surface area contributed by atoms with Crippen LogP contribution in [-0.2, 0) is 17.3 Å². The molecule has 0 fully saturated rings. The van der Waals surface area contributed by atoms with Gasteiger partial charge in [-0.3, -0.25) is 4.98 Å². The first-order valence-corrected chi connectivity index (χ1v) is 10.6. The van der Waals surface area contributed by atoms with Crippen LogP contribution in [0.15, 0.2) is 36.5 Å². The van der Waals surface area contributed by atoms with Gasteiger partial charge in [0.1, 0.15) is 11.3 Å². The number of amides is 1. The predicted molar refractivity (Wildman–Crippen MR) is 114 cm³/mol. The number of carbonyl (C=O) groups is 1. The zero-order valence-electron chi connectivity index (χ0n) is 18.4. The van der Waals surface area contributed by atoms with Gasteiger partial charge >= 0.3 is 12.3 Å². The minimum atomic E-state index is -4.47. The SMILES string of the molecule is CN(CCC1CCCc2c(-c3ccnc(C(F)(F)F)c3)cccc21)C(=O)OC(C)(C)C. The Morgan fingerprint density at radius 3 is 2.65 bits per heavy atom. The Bertz CT molecular complexity index is 935. The normalized spacial score (nSPS) is 16.5. The maximum atomic E-state index is 13.1. The van der Waals surface area contributed by atoms with Gasteiger partial charge in [-0.2, -0.15) is 13.2 Å². The van der Waals surface area contributed by atoms with Gasteiger partial charge in [-0.05, 0) is 86.8 Å². The molecule has 7 heteroatoms. The Hall–Kier alpha value is -2.57. The van der Waals surface area contributed by atoms with Gasteiger partial charge in [0.2, 0.25) is 0 Å². The molecule has 0 N–H and O–H groups in total. The highest BCUT2D eigenvalue weighted by molar-refractivity contribution is 5.70. The van der Waals surface area contributed by atoms with Crippen LogP contribution in [0.3, 0.4) is 0 Å². The summed E-state index contributed by atoms with van der Waals surface area (Å²) in [6, 6.07) is 8.59. The van der Waals surface area contributed by atoms with Gasteiger partial charge in [0, 0.05) is 19.8 Å². The zero-order chi connectivity index (χ0) is 22.8. The average Bonchev–Trinajstić information content (AvgIpc) is 2.69. The average molecular weight is 435 g/mol. The van der Waals surface area contributed by atoms with Crippen LogP contribution < -0.4 is 0 Å². The highest BCUT2D eigenvalue weighted by atomic mass is 19.4. The molecule has 0 saturated carbocycles. The van der Waals surface area contributed by atoms with Gasteiger partial charge in [-0.1, -0.05) is 18.2 Å². The first kappa shape index (κ1) is 23.1. The monoisotopic (exact) mass is 434 g/mol. The van der Waals surface area contributed by atoms with Crippen LogP contribution in [0, 0.1) is 0 Å². The lowest BCUT2D eigenvalue weighted by atomic mass is 9.78. The second kappa shape index (κ2) is 8.89. The van der Waals surface area contributed by atoms with Crippen LogP contribution in [0.5, 0.6) is 0 Å². The smallest absolute Gasteiger partial charge is 0.433 e. The van der Waals surface area contributed by atoms with E-state index < -0.39 is 17.5 Å². The second-order valence-electron chi connectivity index (χ2n) is 9.08. The molecule has 4 nitrogen and oxygen atoms in total. The van der Waals surface area contributed by atoms with E-state index in [0.29, 0.717) is 12.1 Å². The van der Waals surface area contributed by atoms with Crippen molar-refractivity contribution in [2.24, 2.45) is 0 Å². The van der Waals surface area contributed by atoms with Crippen molar-refractivity contribution in [3.63, 3.8) is 0 Å². The van der Waals surface area contributed by atoms with Crippen molar-refractivity contribution in [2.75, 3.05) is 13.6 Å². The fourth-order valence-electron chi connectivity index (χ4n) is 4.05. The number of hydrogen-bond donors (Lipinski definition) is 0. The molecule has 0 saturated heterocycles. The number of halogens is 3. The van der Waals surface area contributed by atoms with Crippen LogP contribution in [0.2, 0.25) is 0 Å². The van der Waals surface area contributed by atoms with E-state index in [-0.39, 0.29) is 12.0 Å². The highest BCUT2D eigenvalue weighted by Crippen LogP contribution is 2.40. The molecule has 1 aliphatic rings. The molecule has 1 aromatic heterocycles. The molecule has 1 aliphatic carbocycles. The Morgan fingerprint density at radius 2 is 1.97 bits per heavy atom. The van der Waals surface area contributed by atoms with Gasteiger partial charge in [-0.15, -0.1) is 0 Å². The molecular weight excluding hydrogens is 405 g/mol. The van der Waals surface area contributed by atoms with E-state index >= 15 is 0 Å². The van der Waals surface area contributed by atoms with Crippen molar-refractivity contribution >= 4 is 6.09 Å². The van der Waals surface area contributed by atoms with Crippen molar-refractivity contribution in [1.82, 2.24) is 9.88 Å². The number of aromatic nitrogens is 1. The Morgan fingerprint density at radius 1 is 1.23 bits per heavy atom. The zero-order valence-corrected chi connectivity index (χ0v) is 18.4. The minimum Gasteiger partial charge on any atom is -0.444 e. The number of hydrogen-bond acceptors (Lipinski definition) is 3. The van der Waals surface area contributed by atoms with Gasteiger partial charge in [0.15, 0.2) is 0 Å². The van der Waals surface area contributed by atoms with E-state index in [9.17, 15) is 18.0 Å². The van der Waals surface area contributed by atoms with E-state index in [0.717, 1.165) is 48.4 Å². The molecule has 3 rings (SSSR count). The molecular formula is C24H29F3N2O2. The van der Waals surface area contributed by atoms with Crippen molar-refractivity contribution in [3.05, 3.63) is 53.3 Å². The Kier molecular flexibility index (Phi) is 6.62. The molecule has 0 radical (unpaired) electrons. The first-order valence-electron chi connectivity index (χ1n) is 10.6. The molecule has 2 aromatic rings. The summed E-state index contributed by atoms with van der Waals surface area (Å²) in [6.07, 6.45) is -0.0593. The van der Waals surface area contributed by atoms with Crippen molar-refractivity contribution < 1.29 is 22.7 Å². The maximum absolute atomic E-state index is 13.1. The largest absolute Gasteiger partial charge is 0.444 e. The van der Waals surface area contributed by atoms with E-state index in [4.69, 9.17) is 4.74 Å². The van der Waals surface area contributed by atoms with Crippen molar-refractivity contribution in [1.29, 1.82) is 0 Å². The maximum Gasteiger partial charge on any atom is 0.433 e. The fourth-order valence-corrected chi connectivity index (χ4v) is 4.05. The second-order valence-corrected chi connectivity index (χ2v) is 9.08. The molecule has 0 aliphatic heterocycles. The molecule has 31 heavy (non-hydrogen) atoms. The van der Waals surface area contributed by atoms with Crippen LogP contribution in [0.1, 0.15) is 62.8 Å². The van der Waals surface area contributed by atoms with E-state index in [1.54, 1.807) is 18.0 Å². The summed E-state index contributed by atoms with van der Waals surface area (Å²) in [7, 11) is 1.73. The number of pyridine rings is 1. The van der Waals surface area contributed by atoms with E-state index in [1.807, 2.05) is 32.9 Å². The molecule has 168 valence electrons. The third-order valence-corrected chi connectivity index (χ3v) is 5.51. The standard InChI is InChI=1S/C24H29F3N2O2/c1-23(2,3)31-22(30)29(4)14-12-16-7-5-10-20-18(16)8-6-9-19(20)17-11-13-28-21(15-17)24(25,26)27/h6,8-9,11,13,15-16H,5,7,10,12,14H2,1-4H3. The Labute approximate surface area is 181 Å². The lowest BCUT2D eigenvalue weighted by molar-refractivity contribution is -0.141. The number of rotatable bonds is 4. The first-order chi connectivity index (χ1) is 14.5. The van der Waals surface area contributed by atoms with Gasteiger partial charge in [0.05, 0.1) is 0 Å². The topological polar surface area (TPSA) is 42.4 Å². The summed E-state index contributed by atoms with van der Waals surface area (Å²) in [5.74, 6) is 0.248. The molecule has 1 unspecified atom stereocenters. The summed E-state index contributed by atoms with van der Waals surface area (Å²) < 4.78 is 44.8. The molecule has 1 amide bonds. The lowest BCUT2D eigenvalue weighted by Crippen LogP contribution is -2.35. The van der Waals surface area contributed by atoms with Crippen LogP contribution >= 0.6 is 0 Å². The number of fused-ring (bicyclic) bond motifs is 1. The lowest BCUT2D eigenvalue weighted by Gasteiger charge is -2.30. The number of nitrogens with zero attached hydrogens (tertiary/aromatic N) is 2. The summed E-state index contributed by atoms with van der Waals surface area (Å²) in [4.78, 5) is 17.3. The number of carbonyl (C=O) groups excluding carboxylic acids is 1. The quantitative estimate of drug-likeness (QED) is 0.556. The van der Waals surface area contributed by atoms with Crippen LogP contribution in [-0.4, -0.2) is 35.2 Å². The van der Waals surface area contributed by atoms with Gasteiger partial charge < -0.3 is 9.64 Å². The van der Waals surface area contributed by atoms with E-state index in [1.165, 1.54) is 6.20 Å². The summed E-state index contributed by atoms with van der Waals surface area (Å²) >= 11 is 0. The molecule has 0 bridgehead atoms. The third-order valence-electron chi connectivity index (χ3n) is 5.51. The molecule has 1 aromatic carbocycles. The van der Waals surface area contributed by atoms with Crippen LogP contribution in [0.25, 0.3) is 11.1 Å². The highest BCUT2D eigenvalue weighted by Gasteiger charge is 2.33. The predicted octanol–water partition coefficient (Wildman–Crippen LogP) is 6.44. The summed E-state index contributed by atoms with van der Waals surface area (Å²) in [5, 5.41) is 0. The summed E-state index contributed by atoms with van der Waals surface area (Å²) in [5.41, 5.74) is 2.19. The van der Waals surface area contributed by atoms with Gasteiger partial charge in [0.25, 0.3) is 0 Å². The number of alkyl halides is 3. The molecule has 1 heterocycles. The molecule has 0 spiro atoms. The van der Waals surface area contributed by atoms with Gasteiger partial charge in [-0.25, -0.2) is 4.79 Å². The minimum absolute atomic E-state index is 0.248. The summed E-state index contributed by atoms with van der Waals surface area (Å²) in [6.45, 7) is 6.06. The van der Waals surface area contributed by atoms with Crippen molar-refractivity contribution in [2.45, 2.75) is 64.1 Å². The van der Waals surface area contributed by atoms with Crippen LogP contribution in [0.4, 0.5) is 18.0 Å². The third kappa shape index (κ3) is 5.77. The van der Waals surface area contributed by atoms with E-state index in [2.05, 4.69) is 11.1 Å². The fraction of sp³-hybridized carbons (Fsp3) is 0.500. The van der Waals surface area contributed by atoms with Crippen molar-refractivity contribution in [3.8, 4) is 11.1 Å².